The number of nitrogens with zero attached hydrogens (tertiary/aromatic N) is 1. The van der Waals surface area contributed by atoms with Gasteiger partial charge in [0.15, 0.2) is 5.16 Å². The molecule has 1 aliphatic rings. The highest BCUT2D eigenvalue weighted by molar-refractivity contribution is 7.99. The SMILES string of the molecule is CCCNC1CCC(Sc2nc(CCC)cc(=O)[nH]2)C1C. The van der Waals surface area contributed by atoms with Crippen LogP contribution in [0, 0.1) is 5.92 Å². The van der Waals surface area contributed by atoms with E-state index in [0.29, 0.717) is 17.2 Å². The molecule has 1 aromatic heterocycles. The lowest BCUT2D eigenvalue weighted by Gasteiger charge is -2.21. The molecular weight excluding hydrogens is 282 g/mol. The third kappa shape index (κ3) is 4.58. The summed E-state index contributed by atoms with van der Waals surface area (Å²) in [5.41, 5.74) is 0.886. The monoisotopic (exact) mass is 309 g/mol. The van der Waals surface area contributed by atoms with Crippen molar-refractivity contribution >= 4 is 11.8 Å². The zero-order chi connectivity index (χ0) is 15.2. The van der Waals surface area contributed by atoms with Crippen LogP contribution in [0.4, 0.5) is 0 Å². The van der Waals surface area contributed by atoms with Crippen LogP contribution in [-0.4, -0.2) is 27.8 Å². The molecule has 0 aromatic carbocycles. The van der Waals surface area contributed by atoms with Crippen LogP contribution in [-0.2, 0) is 6.42 Å². The van der Waals surface area contributed by atoms with Crippen molar-refractivity contribution in [2.75, 3.05) is 6.54 Å². The summed E-state index contributed by atoms with van der Waals surface area (Å²) in [6.45, 7) is 7.71. The maximum Gasteiger partial charge on any atom is 0.251 e. The average molecular weight is 309 g/mol. The van der Waals surface area contributed by atoms with Gasteiger partial charge in [-0.05, 0) is 38.1 Å². The molecule has 1 aromatic rings. The van der Waals surface area contributed by atoms with Crippen molar-refractivity contribution < 1.29 is 0 Å². The van der Waals surface area contributed by atoms with Crippen LogP contribution in [0.1, 0.15) is 52.1 Å². The van der Waals surface area contributed by atoms with Gasteiger partial charge in [-0.25, -0.2) is 4.98 Å². The van der Waals surface area contributed by atoms with E-state index in [9.17, 15) is 4.79 Å². The van der Waals surface area contributed by atoms with Crippen LogP contribution >= 0.6 is 11.8 Å². The van der Waals surface area contributed by atoms with Crippen molar-refractivity contribution in [2.45, 2.75) is 69.3 Å². The summed E-state index contributed by atoms with van der Waals surface area (Å²) in [4.78, 5) is 19.2. The van der Waals surface area contributed by atoms with E-state index < -0.39 is 0 Å². The molecule has 0 radical (unpaired) electrons. The first kappa shape index (κ1) is 16.6. The smallest absolute Gasteiger partial charge is 0.251 e. The predicted octanol–water partition coefficient (Wildman–Crippen LogP) is 2.98. The fourth-order valence-corrected chi connectivity index (χ4v) is 4.25. The molecule has 3 atom stereocenters. The average Bonchev–Trinajstić information content (AvgIpc) is 2.77. The number of hydrogen-bond donors (Lipinski definition) is 2. The molecule has 118 valence electrons. The number of aromatic amines is 1. The van der Waals surface area contributed by atoms with Gasteiger partial charge >= 0.3 is 0 Å². The topological polar surface area (TPSA) is 57.8 Å². The van der Waals surface area contributed by atoms with Crippen LogP contribution in [0.25, 0.3) is 0 Å². The van der Waals surface area contributed by atoms with E-state index in [1.165, 1.54) is 19.3 Å². The molecule has 2 N–H and O–H groups in total. The molecule has 0 amide bonds. The quantitative estimate of drug-likeness (QED) is 0.760. The van der Waals surface area contributed by atoms with Gasteiger partial charge in [-0.3, -0.25) is 4.79 Å². The second kappa shape index (κ2) is 7.99. The highest BCUT2D eigenvalue weighted by Crippen LogP contribution is 2.37. The maximum absolute atomic E-state index is 11.7. The van der Waals surface area contributed by atoms with Gasteiger partial charge in [0.05, 0.1) is 0 Å². The van der Waals surface area contributed by atoms with Gasteiger partial charge in [0.25, 0.3) is 5.56 Å². The predicted molar refractivity (Wildman–Crippen MR) is 89.0 cm³/mol. The minimum atomic E-state index is -0.0257. The normalized spacial score (nSPS) is 25.4. The summed E-state index contributed by atoms with van der Waals surface area (Å²) in [5, 5.41) is 4.97. The number of aryl methyl sites for hydroxylation is 1. The van der Waals surface area contributed by atoms with Crippen LogP contribution in [0.5, 0.6) is 0 Å². The maximum atomic E-state index is 11.7. The van der Waals surface area contributed by atoms with Gasteiger partial charge < -0.3 is 10.3 Å². The van der Waals surface area contributed by atoms with Crippen molar-refractivity contribution in [3.63, 3.8) is 0 Å². The Kier molecular flexibility index (Phi) is 6.30. The zero-order valence-corrected chi connectivity index (χ0v) is 14.1. The van der Waals surface area contributed by atoms with Gasteiger partial charge in [-0.1, -0.05) is 39.0 Å². The van der Waals surface area contributed by atoms with E-state index in [2.05, 4.69) is 36.1 Å². The first-order valence-electron chi connectivity index (χ1n) is 8.14. The Morgan fingerprint density at radius 1 is 1.38 bits per heavy atom. The highest BCUT2D eigenvalue weighted by Gasteiger charge is 2.33. The molecule has 0 saturated heterocycles. The molecule has 2 rings (SSSR count). The van der Waals surface area contributed by atoms with E-state index in [-0.39, 0.29) is 5.56 Å². The molecule has 0 bridgehead atoms. The van der Waals surface area contributed by atoms with Crippen LogP contribution < -0.4 is 10.9 Å². The van der Waals surface area contributed by atoms with Crippen molar-refractivity contribution in [1.82, 2.24) is 15.3 Å². The molecule has 0 spiro atoms. The molecule has 21 heavy (non-hydrogen) atoms. The van der Waals surface area contributed by atoms with Crippen LogP contribution in [0.2, 0.25) is 0 Å². The van der Waals surface area contributed by atoms with E-state index in [0.717, 1.165) is 30.2 Å². The van der Waals surface area contributed by atoms with Gasteiger partial charge in [-0.15, -0.1) is 0 Å². The first-order chi connectivity index (χ1) is 10.1. The molecule has 0 aliphatic heterocycles. The largest absolute Gasteiger partial charge is 0.314 e. The van der Waals surface area contributed by atoms with Crippen molar-refractivity contribution in [3.05, 3.63) is 22.1 Å². The van der Waals surface area contributed by atoms with Gasteiger partial charge in [-0.2, -0.15) is 0 Å². The van der Waals surface area contributed by atoms with Crippen molar-refractivity contribution in [1.29, 1.82) is 0 Å². The molecule has 1 heterocycles. The van der Waals surface area contributed by atoms with E-state index in [1.807, 2.05) is 0 Å². The Balaban J connectivity index is 2.00. The van der Waals surface area contributed by atoms with Crippen LogP contribution in [0.3, 0.4) is 0 Å². The standard InChI is InChI=1S/C16H27N3OS/c1-4-6-12-10-15(20)19-16(18-12)21-14-8-7-13(11(14)3)17-9-5-2/h10-11,13-14,17H,4-9H2,1-3H3,(H,18,19,20). The third-order valence-corrected chi connectivity index (χ3v) is 5.57. The van der Waals surface area contributed by atoms with E-state index in [1.54, 1.807) is 17.8 Å². The lowest BCUT2D eigenvalue weighted by molar-refractivity contribution is 0.431. The number of H-pyrrole nitrogens is 1. The van der Waals surface area contributed by atoms with E-state index in [4.69, 9.17) is 0 Å². The molecule has 5 heteroatoms. The Morgan fingerprint density at radius 2 is 2.19 bits per heavy atom. The van der Waals surface area contributed by atoms with Crippen molar-refractivity contribution in [2.24, 2.45) is 5.92 Å². The number of nitrogens with one attached hydrogen (secondary N) is 2. The lowest BCUT2D eigenvalue weighted by atomic mass is 10.1. The fourth-order valence-electron chi connectivity index (χ4n) is 2.98. The Morgan fingerprint density at radius 3 is 2.90 bits per heavy atom. The zero-order valence-electron chi connectivity index (χ0n) is 13.3. The van der Waals surface area contributed by atoms with Gasteiger partial charge in [0.2, 0.25) is 0 Å². The second-order valence-corrected chi connectivity index (χ2v) is 7.17. The lowest BCUT2D eigenvalue weighted by Crippen LogP contribution is -2.33. The Labute approximate surface area is 131 Å². The van der Waals surface area contributed by atoms with Crippen molar-refractivity contribution in [3.8, 4) is 0 Å². The molecular formula is C16H27N3OS. The number of hydrogen-bond acceptors (Lipinski definition) is 4. The summed E-state index contributed by atoms with van der Waals surface area (Å²) in [7, 11) is 0. The molecule has 3 unspecified atom stereocenters. The third-order valence-electron chi connectivity index (χ3n) is 4.18. The summed E-state index contributed by atoms with van der Waals surface area (Å²) < 4.78 is 0. The molecule has 1 aliphatic carbocycles. The summed E-state index contributed by atoms with van der Waals surface area (Å²) in [6.07, 6.45) is 5.48. The summed E-state index contributed by atoms with van der Waals surface area (Å²) in [6, 6.07) is 2.23. The second-order valence-electron chi connectivity index (χ2n) is 5.95. The highest BCUT2D eigenvalue weighted by atomic mass is 32.2. The number of rotatable bonds is 7. The first-order valence-corrected chi connectivity index (χ1v) is 9.02. The van der Waals surface area contributed by atoms with Crippen LogP contribution in [0.15, 0.2) is 16.0 Å². The summed E-state index contributed by atoms with van der Waals surface area (Å²) in [5.74, 6) is 0.613. The van der Waals surface area contributed by atoms with Gasteiger partial charge in [0.1, 0.15) is 0 Å². The minimum absolute atomic E-state index is 0.0257. The number of thioether (sulfide) groups is 1. The molecule has 1 fully saturated rings. The van der Waals surface area contributed by atoms with E-state index >= 15 is 0 Å². The molecule has 4 nitrogen and oxygen atoms in total. The summed E-state index contributed by atoms with van der Waals surface area (Å²) >= 11 is 1.74. The molecule has 1 saturated carbocycles. The van der Waals surface area contributed by atoms with Gasteiger partial charge in [0, 0.05) is 23.1 Å². The fraction of sp³-hybridized carbons (Fsp3) is 0.750. The Hall–Kier alpha value is -0.810. The minimum Gasteiger partial charge on any atom is -0.314 e. The number of aromatic nitrogens is 2. The Bertz CT molecular complexity index is 503.